The molecule has 0 saturated carbocycles. The van der Waals surface area contributed by atoms with Crippen molar-refractivity contribution in [2.24, 2.45) is 0 Å². The summed E-state index contributed by atoms with van der Waals surface area (Å²) >= 11 is 0. The smallest absolute Gasteiger partial charge is 0.0978 e. The average molecular weight is 221 g/mol. The minimum atomic E-state index is 0.124. The lowest BCUT2D eigenvalue weighted by atomic mass is 9.95. The molecule has 0 aromatic rings. The molecule has 2 aliphatic heterocycles. The highest BCUT2D eigenvalue weighted by molar-refractivity contribution is 4.98. The first-order valence-corrected chi connectivity index (χ1v) is 6.65. The quantitative estimate of drug-likeness (QED) is 0.713. The van der Waals surface area contributed by atoms with Crippen molar-refractivity contribution in [1.82, 2.24) is 9.80 Å². The van der Waals surface area contributed by atoms with Crippen LogP contribution in [-0.4, -0.2) is 47.6 Å². The van der Waals surface area contributed by atoms with Gasteiger partial charge in [-0.1, -0.05) is 13.3 Å². The summed E-state index contributed by atoms with van der Waals surface area (Å²) in [4.78, 5) is 5.06. The van der Waals surface area contributed by atoms with Crippen LogP contribution < -0.4 is 0 Å². The number of piperidine rings is 1. The van der Waals surface area contributed by atoms with E-state index in [9.17, 15) is 5.26 Å². The van der Waals surface area contributed by atoms with Crippen LogP contribution in [0.5, 0.6) is 0 Å². The molecular formula is C13H23N3. The van der Waals surface area contributed by atoms with Crippen LogP contribution in [0.3, 0.4) is 0 Å². The lowest BCUT2D eigenvalue weighted by Gasteiger charge is -2.48. The van der Waals surface area contributed by atoms with E-state index in [1.807, 2.05) is 0 Å². The van der Waals surface area contributed by atoms with E-state index < -0.39 is 0 Å². The lowest BCUT2D eigenvalue weighted by molar-refractivity contribution is 0.00263. The zero-order chi connectivity index (χ0) is 11.5. The van der Waals surface area contributed by atoms with Crippen molar-refractivity contribution in [3.05, 3.63) is 0 Å². The molecule has 2 fully saturated rings. The Morgan fingerprint density at radius 1 is 1.38 bits per heavy atom. The van der Waals surface area contributed by atoms with Crippen LogP contribution in [0.4, 0.5) is 0 Å². The first-order chi connectivity index (χ1) is 7.76. The summed E-state index contributed by atoms with van der Waals surface area (Å²) in [6.07, 6.45) is 5.00. The third-order valence-electron chi connectivity index (χ3n) is 4.17. The molecule has 0 bridgehead atoms. The van der Waals surface area contributed by atoms with E-state index in [0.717, 1.165) is 19.5 Å². The number of nitriles is 1. The molecule has 3 atom stereocenters. The fourth-order valence-electron chi connectivity index (χ4n) is 3.21. The van der Waals surface area contributed by atoms with Gasteiger partial charge in [-0.2, -0.15) is 5.26 Å². The molecule has 0 spiro atoms. The molecule has 0 amide bonds. The number of fused-ring (bicyclic) bond motifs is 1. The van der Waals surface area contributed by atoms with E-state index in [4.69, 9.17) is 0 Å². The highest BCUT2D eigenvalue weighted by Gasteiger charge is 2.35. The topological polar surface area (TPSA) is 30.3 Å². The predicted molar refractivity (Wildman–Crippen MR) is 65.1 cm³/mol. The molecule has 0 aliphatic carbocycles. The van der Waals surface area contributed by atoms with Crippen LogP contribution in [0, 0.1) is 11.3 Å². The van der Waals surface area contributed by atoms with Gasteiger partial charge in [-0.3, -0.25) is 9.80 Å². The van der Waals surface area contributed by atoms with E-state index in [1.165, 1.54) is 25.8 Å². The third kappa shape index (κ3) is 2.23. The number of rotatable bonds is 2. The van der Waals surface area contributed by atoms with Crippen molar-refractivity contribution in [1.29, 1.82) is 5.26 Å². The Balaban J connectivity index is 2.03. The normalized spacial score (nSPS) is 34.1. The van der Waals surface area contributed by atoms with Crippen LogP contribution in [0.15, 0.2) is 0 Å². The summed E-state index contributed by atoms with van der Waals surface area (Å²) < 4.78 is 0. The number of hydrogen-bond acceptors (Lipinski definition) is 3. The standard InChI is InChI=1S/C13H23N3/c1-3-12(8-14)16-10-13-6-4-5-7-15(13)9-11(16)2/h11-13H,3-7,9-10H2,1-2H3. The van der Waals surface area contributed by atoms with E-state index in [-0.39, 0.29) is 6.04 Å². The average Bonchev–Trinajstić information content (AvgIpc) is 2.31. The Kier molecular flexibility index (Phi) is 3.83. The van der Waals surface area contributed by atoms with Gasteiger partial charge in [0.2, 0.25) is 0 Å². The maximum Gasteiger partial charge on any atom is 0.0978 e. The maximum atomic E-state index is 9.19. The second-order valence-electron chi connectivity index (χ2n) is 5.24. The van der Waals surface area contributed by atoms with Crippen molar-refractivity contribution >= 4 is 0 Å². The fraction of sp³-hybridized carbons (Fsp3) is 0.923. The molecule has 3 heteroatoms. The first-order valence-electron chi connectivity index (χ1n) is 6.65. The van der Waals surface area contributed by atoms with Crippen molar-refractivity contribution in [2.45, 2.75) is 57.7 Å². The van der Waals surface area contributed by atoms with Gasteiger partial charge >= 0.3 is 0 Å². The summed E-state index contributed by atoms with van der Waals surface area (Å²) in [6.45, 7) is 7.92. The molecular weight excluding hydrogens is 198 g/mol. The minimum Gasteiger partial charge on any atom is -0.298 e. The van der Waals surface area contributed by atoms with Gasteiger partial charge in [-0.15, -0.1) is 0 Å². The molecule has 0 aromatic carbocycles. The highest BCUT2D eigenvalue weighted by atomic mass is 15.3. The zero-order valence-electron chi connectivity index (χ0n) is 10.5. The Labute approximate surface area is 99.0 Å². The predicted octanol–water partition coefficient (Wildman–Crippen LogP) is 1.85. The summed E-state index contributed by atoms with van der Waals surface area (Å²) in [7, 11) is 0. The van der Waals surface area contributed by atoms with Crippen LogP contribution >= 0.6 is 0 Å². The van der Waals surface area contributed by atoms with Crippen LogP contribution in [-0.2, 0) is 0 Å². The van der Waals surface area contributed by atoms with Gasteiger partial charge in [0.1, 0.15) is 0 Å². The van der Waals surface area contributed by atoms with Crippen molar-refractivity contribution in [2.75, 3.05) is 19.6 Å². The van der Waals surface area contributed by atoms with Gasteiger partial charge in [0.05, 0.1) is 12.1 Å². The van der Waals surface area contributed by atoms with Crippen LogP contribution in [0.1, 0.15) is 39.5 Å². The van der Waals surface area contributed by atoms with Gasteiger partial charge in [0.15, 0.2) is 0 Å². The van der Waals surface area contributed by atoms with E-state index in [0.29, 0.717) is 12.1 Å². The second kappa shape index (κ2) is 5.16. The van der Waals surface area contributed by atoms with Gasteiger partial charge < -0.3 is 0 Å². The lowest BCUT2D eigenvalue weighted by Crippen LogP contribution is -2.60. The SMILES string of the molecule is CCC(C#N)N1CC2CCCCN2CC1C. The molecule has 90 valence electrons. The summed E-state index contributed by atoms with van der Waals surface area (Å²) in [5.74, 6) is 0. The number of hydrogen-bond donors (Lipinski definition) is 0. The van der Waals surface area contributed by atoms with Crippen LogP contribution in [0.25, 0.3) is 0 Å². The second-order valence-corrected chi connectivity index (χ2v) is 5.24. The highest BCUT2D eigenvalue weighted by Crippen LogP contribution is 2.25. The number of nitrogens with zero attached hydrogens (tertiary/aromatic N) is 3. The molecule has 0 aromatic heterocycles. The Morgan fingerprint density at radius 3 is 2.88 bits per heavy atom. The van der Waals surface area contributed by atoms with Crippen molar-refractivity contribution in [3.63, 3.8) is 0 Å². The maximum absolute atomic E-state index is 9.19. The monoisotopic (exact) mass is 221 g/mol. The molecule has 16 heavy (non-hydrogen) atoms. The fourth-order valence-corrected chi connectivity index (χ4v) is 3.21. The van der Waals surface area contributed by atoms with E-state index in [2.05, 4.69) is 29.7 Å². The minimum absolute atomic E-state index is 0.124. The molecule has 3 unspecified atom stereocenters. The summed E-state index contributed by atoms with van der Waals surface area (Å²) in [5.41, 5.74) is 0. The molecule has 0 N–H and O–H groups in total. The van der Waals surface area contributed by atoms with Gasteiger partial charge in [-0.05, 0) is 32.7 Å². The van der Waals surface area contributed by atoms with Crippen molar-refractivity contribution in [3.8, 4) is 6.07 Å². The molecule has 2 saturated heterocycles. The van der Waals surface area contributed by atoms with Gasteiger partial charge in [0, 0.05) is 25.2 Å². The molecule has 2 rings (SSSR count). The largest absolute Gasteiger partial charge is 0.298 e. The Hall–Kier alpha value is -0.590. The van der Waals surface area contributed by atoms with E-state index in [1.54, 1.807) is 0 Å². The van der Waals surface area contributed by atoms with Gasteiger partial charge in [-0.25, -0.2) is 0 Å². The molecule has 0 radical (unpaired) electrons. The molecule has 3 nitrogen and oxygen atoms in total. The summed E-state index contributed by atoms with van der Waals surface area (Å²) in [5, 5.41) is 9.19. The van der Waals surface area contributed by atoms with Crippen LogP contribution in [0.2, 0.25) is 0 Å². The molecule has 2 heterocycles. The number of piperazine rings is 1. The Bertz CT molecular complexity index is 271. The zero-order valence-corrected chi connectivity index (χ0v) is 10.5. The van der Waals surface area contributed by atoms with Gasteiger partial charge in [0.25, 0.3) is 0 Å². The summed E-state index contributed by atoms with van der Waals surface area (Å²) in [6, 6.07) is 3.83. The van der Waals surface area contributed by atoms with E-state index >= 15 is 0 Å². The third-order valence-corrected chi connectivity index (χ3v) is 4.17. The Morgan fingerprint density at radius 2 is 2.19 bits per heavy atom. The van der Waals surface area contributed by atoms with Crippen molar-refractivity contribution < 1.29 is 0 Å². The first kappa shape index (κ1) is 11.9. The molecule has 2 aliphatic rings.